The van der Waals surface area contributed by atoms with E-state index >= 15 is 0 Å². The van der Waals surface area contributed by atoms with Crippen molar-refractivity contribution in [1.82, 2.24) is 5.32 Å². The third-order valence-corrected chi connectivity index (χ3v) is 10.9. The van der Waals surface area contributed by atoms with Crippen molar-refractivity contribution < 1.29 is 98.7 Å². The van der Waals surface area contributed by atoms with Gasteiger partial charge in [0.1, 0.15) is 65.7 Å². The second-order valence-corrected chi connectivity index (χ2v) is 14.6. The number of fused-ring (bicyclic) bond motifs is 5. The highest BCUT2D eigenvalue weighted by Gasteiger charge is 2.51. The molecule has 21 heteroatoms. The Morgan fingerprint density at radius 3 is 2.10 bits per heavy atom. The lowest BCUT2D eigenvalue weighted by molar-refractivity contribution is -0.319. The zero-order chi connectivity index (χ0) is 43.8. The molecule has 2 heterocycles. The highest BCUT2D eigenvalue weighted by molar-refractivity contribution is 6.31. The summed E-state index contributed by atoms with van der Waals surface area (Å²) in [4.78, 5) is 66.5. The first-order valence-corrected chi connectivity index (χ1v) is 18.3. The van der Waals surface area contributed by atoms with Crippen LogP contribution in [0, 0.1) is 6.92 Å². The first kappa shape index (κ1) is 42.5. The number of aromatic hydroxyl groups is 3. The van der Waals surface area contributed by atoms with Gasteiger partial charge in [0.15, 0.2) is 42.1 Å². The van der Waals surface area contributed by atoms with Crippen molar-refractivity contribution in [3.63, 3.8) is 0 Å². The Bertz CT molecular complexity index is 2330. The number of aliphatic hydroxyl groups is 6. The van der Waals surface area contributed by atoms with Crippen molar-refractivity contribution >= 4 is 29.2 Å². The summed E-state index contributed by atoms with van der Waals surface area (Å²) in [6, 6.07) is 2.57. The number of aryl methyl sites for hydroxylation is 1. The van der Waals surface area contributed by atoms with Crippen molar-refractivity contribution in [2.75, 3.05) is 20.3 Å². The number of hydrogen-bond acceptors (Lipinski definition) is 19. The van der Waals surface area contributed by atoms with Gasteiger partial charge in [-0.3, -0.25) is 19.2 Å². The molecule has 0 spiro atoms. The second kappa shape index (κ2) is 15.8. The third kappa shape index (κ3) is 6.74. The van der Waals surface area contributed by atoms with E-state index in [0.29, 0.717) is 0 Å². The predicted octanol–water partition coefficient (Wildman–Crippen LogP) is -1.66. The smallest absolute Gasteiger partial charge is 0.328 e. The molecule has 320 valence electrons. The molecule has 11 N–H and O–H groups in total. The molecule has 1 amide bonds. The van der Waals surface area contributed by atoms with E-state index in [0.717, 1.165) is 18.2 Å². The molecule has 3 aromatic rings. The Morgan fingerprint density at radius 1 is 0.817 bits per heavy atom. The van der Waals surface area contributed by atoms with Crippen LogP contribution in [0.25, 0.3) is 11.1 Å². The van der Waals surface area contributed by atoms with E-state index in [1.54, 1.807) is 0 Å². The maximum absolute atomic E-state index is 14.0. The summed E-state index contributed by atoms with van der Waals surface area (Å²) in [6.45, 7) is 0.989. The molecule has 0 aromatic heterocycles. The predicted molar refractivity (Wildman–Crippen MR) is 194 cm³/mol. The number of Topliss-reactive ketones (excluding diaryl/α,β-unsaturated/α-hetero) is 1. The summed E-state index contributed by atoms with van der Waals surface area (Å²) in [5.74, 6) is -8.29. The van der Waals surface area contributed by atoms with Crippen molar-refractivity contribution in [2.24, 2.45) is 0 Å². The van der Waals surface area contributed by atoms with Crippen LogP contribution >= 0.6 is 0 Å². The Hall–Kier alpha value is -5.59. The van der Waals surface area contributed by atoms with Gasteiger partial charge in [0, 0.05) is 28.3 Å². The fraction of sp³-hybridized carbons (Fsp3) is 0.410. The van der Waals surface area contributed by atoms with Crippen LogP contribution in [-0.4, -0.2) is 156 Å². The molecule has 9 unspecified atom stereocenters. The molecule has 2 aliphatic heterocycles. The molecule has 60 heavy (non-hydrogen) atoms. The topological polar surface area (TPSA) is 346 Å². The second-order valence-electron chi connectivity index (χ2n) is 14.6. The number of ether oxygens (including phenoxy) is 5. The summed E-state index contributed by atoms with van der Waals surface area (Å²) in [6.07, 6.45) is -17.9. The number of aliphatic carboxylic acids is 1. The zero-order valence-corrected chi connectivity index (χ0v) is 31.6. The molecular weight excluding hydrogens is 802 g/mol. The fourth-order valence-electron chi connectivity index (χ4n) is 7.84. The number of phenolic OH excluding ortho intramolecular Hbond substituents is 3. The molecule has 2 aliphatic carbocycles. The molecule has 3 aromatic carbocycles. The number of carbonyl (C=O) groups excluding carboxylic acids is 4. The fourth-order valence-corrected chi connectivity index (χ4v) is 7.84. The zero-order valence-electron chi connectivity index (χ0n) is 31.6. The Balaban J connectivity index is 1.37. The molecule has 0 radical (unpaired) electrons. The van der Waals surface area contributed by atoms with Crippen LogP contribution in [0.5, 0.6) is 23.0 Å². The molecule has 0 saturated carbocycles. The molecule has 4 aliphatic rings. The van der Waals surface area contributed by atoms with Crippen molar-refractivity contribution in [3.8, 4) is 34.1 Å². The summed E-state index contributed by atoms with van der Waals surface area (Å²) in [7, 11) is 1.24. The normalized spacial score (nSPS) is 28.9. The SMILES string of the molecule is COc1cc(O)c2c(c1)C(=O)c1c(cc3c(c1O)-c1c(cc(C)c(C(=O)NC(CO)C(=O)O)c1O)[C@H](OC1OC(C)C(=O)C(OC4OCC(O)C(O)C4O)C1O)[C@H]3O)C2=O. The van der Waals surface area contributed by atoms with Gasteiger partial charge >= 0.3 is 5.97 Å². The van der Waals surface area contributed by atoms with E-state index in [1.807, 2.05) is 0 Å². The Morgan fingerprint density at radius 2 is 1.45 bits per heavy atom. The summed E-state index contributed by atoms with van der Waals surface area (Å²) < 4.78 is 27.8. The number of carbonyl (C=O) groups is 5. The Kier molecular flexibility index (Phi) is 11.2. The quantitative estimate of drug-likeness (QED) is 0.0898. The molecule has 21 nitrogen and oxygen atoms in total. The maximum Gasteiger partial charge on any atom is 0.328 e. The van der Waals surface area contributed by atoms with Gasteiger partial charge < -0.3 is 80.1 Å². The molecule has 11 atom stereocenters. The van der Waals surface area contributed by atoms with Crippen molar-refractivity contribution in [2.45, 2.75) is 81.3 Å². The van der Waals surface area contributed by atoms with Gasteiger partial charge in [-0.15, -0.1) is 0 Å². The number of hydrogen-bond donors (Lipinski definition) is 11. The lowest BCUT2D eigenvalue weighted by Gasteiger charge is -2.43. The van der Waals surface area contributed by atoms with Crippen LogP contribution in [0.4, 0.5) is 0 Å². The summed E-state index contributed by atoms with van der Waals surface area (Å²) in [5.41, 5.74) is -4.26. The van der Waals surface area contributed by atoms with Crippen LogP contribution in [0.3, 0.4) is 0 Å². The first-order valence-electron chi connectivity index (χ1n) is 18.3. The number of carboxylic acids is 1. The van der Waals surface area contributed by atoms with Gasteiger partial charge in [-0.25, -0.2) is 4.79 Å². The van der Waals surface area contributed by atoms with Crippen molar-refractivity contribution in [3.05, 3.63) is 68.8 Å². The molecule has 0 bridgehead atoms. The number of rotatable bonds is 9. The van der Waals surface area contributed by atoms with Crippen molar-refractivity contribution in [1.29, 1.82) is 0 Å². The standard InChI is InChI=1S/C39H39NO20/c1-10-4-16-23(30(49)20(10)36(53)40-17(8-41)37(54)55)22-14(7-15-24(31(22)50)27(46)13-5-12(56-3)6-18(42)21(13)26(15)45)28(47)34(16)59-39-33(52)35(25(44)11(2)58-39)60-38-32(51)29(48)19(43)9-57-38/h4-7,11,17,19,28-29,32-35,38-39,41-43,47-52H,8-9H2,1-3H3,(H,40,53)(H,54,55)/t11?,17?,19?,28-,29?,32?,33?,34-,35?,38?,39?/m0/s1. The number of methoxy groups -OCH3 is 1. The molecule has 2 fully saturated rings. The van der Waals surface area contributed by atoms with Crippen LogP contribution in [0.2, 0.25) is 0 Å². The highest BCUT2D eigenvalue weighted by Crippen LogP contribution is 2.57. The number of benzene rings is 3. The third-order valence-electron chi connectivity index (χ3n) is 10.9. The largest absolute Gasteiger partial charge is 0.507 e. The number of phenols is 3. The van der Waals surface area contributed by atoms with E-state index in [1.165, 1.54) is 27.0 Å². The van der Waals surface area contributed by atoms with Gasteiger partial charge in [-0.05, 0) is 42.7 Å². The van der Waals surface area contributed by atoms with E-state index in [9.17, 15) is 75.0 Å². The minimum Gasteiger partial charge on any atom is -0.507 e. The van der Waals surface area contributed by atoms with E-state index in [-0.39, 0.29) is 22.4 Å². The highest BCUT2D eigenvalue weighted by atomic mass is 16.7. The maximum atomic E-state index is 14.0. The number of aliphatic hydroxyl groups excluding tert-OH is 6. The average molecular weight is 842 g/mol. The molecule has 2 saturated heterocycles. The Labute approximate surface area is 337 Å². The molecular formula is C39H39NO20. The monoisotopic (exact) mass is 841 g/mol. The number of carboxylic acid groups (broad SMARTS) is 1. The number of nitrogens with one attached hydrogen (secondary N) is 1. The van der Waals surface area contributed by atoms with Gasteiger partial charge in [0.25, 0.3) is 5.91 Å². The summed E-state index contributed by atoms with van der Waals surface area (Å²) >= 11 is 0. The van der Waals surface area contributed by atoms with Crippen LogP contribution in [0.15, 0.2) is 24.3 Å². The van der Waals surface area contributed by atoms with E-state index < -0.39 is 166 Å². The van der Waals surface area contributed by atoms with Gasteiger partial charge in [-0.2, -0.15) is 0 Å². The molecule has 7 rings (SSSR count). The van der Waals surface area contributed by atoms with Crippen LogP contribution < -0.4 is 10.1 Å². The minimum absolute atomic E-state index is 0.0185. The van der Waals surface area contributed by atoms with Gasteiger partial charge in [0.2, 0.25) is 0 Å². The lowest BCUT2D eigenvalue weighted by Crippen LogP contribution is -2.61. The average Bonchev–Trinajstić information content (AvgIpc) is 3.20. The minimum atomic E-state index is -2.08. The van der Waals surface area contributed by atoms with Gasteiger partial charge in [0.05, 0.1) is 37.0 Å². The lowest BCUT2D eigenvalue weighted by atomic mass is 9.74. The summed E-state index contributed by atoms with van der Waals surface area (Å²) in [5, 5.41) is 110. The number of ketones is 3. The van der Waals surface area contributed by atoms with Crippen LogP contribution in [0.1, 0.15) is 78.0 Å². The van der Waals surface area contributed by atoms with Gasteiger partial charge in [-0.1, -0.05) is 6.07 Å². The van der Waals surface area contributed by atoms with E-state index in [2.05, 4.69) is 5.32 Å². The first-order chi connectivity index (χ1) is 28.3. The van der Waals surface area contributed by atoms with E-state index in [4.69, 9.17) is 23.7 Å². The van der Waals surface area contributed by atoms with Crippen LogP contribution in [-0.2, 0) is 28.5 Å². The number of amides is 1.